The fourth-order valence-electron chi connectivity index (χ4n) is 0.820. The largest absolute Gasteiger partial charge is 0.286 e. The summed E-state index contributed by atoms with van der Waals surface area (Å²) in [4.78, 5) is 9.74. The standard InChI is InChI=1S/C7H4Br2FNO2/c8-3-4-1-5(9)7(11(12)13)2-6(4)10/h1-2H,3H2. The number of nitro benzene ring substituents is 1. The first-order valence-corrected chi connectivity index (χ1v) is 5.16. The van der Waals surface area contributed by atoms with E-state index in [0.29, 0.717) is 10.9 Å². The first-order valence-electron chi connectivity index (χ1n) is 3.24. The number of nitro groups is 1. The molecular weight excluding hydrogens is 309 g/mol. The zero-order valence-electron chi connectivity index (χ0n) is 6.26. The van der Waals surface area contributed by atoms with Crippen molar-refractivity contribution in [3.63, 3.8) is 0 Å². The van der Waals surface area contributed by atoms with E-state index >= 15 is 0 Å². The molecule has 6 heteroatoms. The smallest absolute Gasteiger partial charge is 0.258 e. The summed E-state index contributed by atoms with van der Waals surface area (Å²) in [6.45, 7) is 0. The van der Waals surface area contributed by atoms with Crippen molar-refractivity contribution in [3.05, 3.63) is 38.1 Å². The Morgan fingerprint density at radius 2 is 2.15 bits per heavy atom. The number of benzene rings is 1. The van der Waals surface area contributed by atoms with Crippen LogP contribution in [0.15, 0.2) is 16.6 Å². The third kappa shape index (κ3) is 2.25. The molecular formula is C7H4Br2FNO2. The van der Waals surface area contributed by atoms with Gasteiger partial charge in [0.2, 0.25) is 0 Å². The Bertz CT molecular complexity index is 357. The lowest BCUT2D eigenvalue weighted by atomic mass is 10.2. The molecule has 0 saturated heterocycles. The van der Waals surface area contributed by atoms with Crippen LogP contribution in [0.3, 0.4) is 0 Å². The van der Waals surface area contributed by atoms with Crippen LogP contribution in [0, 0.1) is 15.9 Å². The monoisotopic (exact) mass is 311 g/mol. The lowest BCUT2D eigenvalue weighted by Crippen LogP contribution is -1.93. The molecule has 0 aliphatic heterocycles. The van der Waals surface area contributed by atoms with Crippen molar-refractivity contribution in [1.82, 2.24) is 0 Å². The second-order valence-corrected chi connectivity index (χ2v) is 3.70. The lowest BCUT2D eigenvalue weighted by Gasteiger charge is -2.00. The van der Waals surface area contributed by atoms with Gasteiger partial charge in [-0.3, -0.25) is 10.1 Å². The summed E-state index contributed by atoms with van der Waals surface area (Å²) in [6.07, 6.45) is 0. The molecule has 0 radical (unpaired) electrons. The first-order chi connectivity index (χ1) is 6.06. The van der Waals surface area contributed by atoms with Crippen LogP contribution in [0.5, 0.6) is 0 Å². The summed E-state index contributed by atoms with van der Waals surface area (Å²) in [5.74, 6) is -0.577. The fourth-order valence-corrected chi connectivity index (χ4v) is 1.79. The van der Waals surface area contributed by atoms with Crippen molar-refractivity contribution in [2.45, 2.75) is 5.33 Å². The summed E-state index contributed by atoms with van der Waals surface area (Å²) in [5, 5.41) is 10.7. The van der Waals surface area contributed by atoms with Crippen molar-refractivity contribution < 1.29 is 9.31 Å². The zero-order valence-corrected chi connectivity index (χ0v) is 9.43. The van der Waals surface area contributed by atoms with Crippen LogP contribution in [-0.2, 0) is 5.33 Å². The van der Waals surface area contributed by atoms with Crippen LogP contribution in [0.2, 0.25) is 0 Å². The zero-order chi connectivity index (χ0) is 10.0. The Hall–Kier alpha value is -0.490. The van der Waals surface area contributed by atoms with E-state index in [0.717, 1.165) is 6.07 Å². The molecule has 0 amide bonds. The number of hydrogen-bond acceptors (Lipinski definition) is 2. The van der Waals surface area contributed by atoms with Crippen molar-refractivity contribution >= 4 is 37.5 Å². The highest BCUT2D eigenvalue weighted by atomic mass is 79.9. The van der Waals surface area contributed by atoms with Crippen molar-refractivity contribution in [3.8, 4) is 0 Å². The number of hydrogen-bond donors (Lipinski definition) is 0. The molecule has 1 rings (SSSR count). The highest BCUT2D eigenvalue weighted by molar-refractivity contribution is 9.10. The Kier molecular flexibility index (Phi) is 3.38. The highest BCUT2D eigenvalue weighted by Gasteiger charge is 2.15. The molecule has 0 bridgehead atoms. The van der Waals surface area contributed by atoms with E-state index in [1.54, 1.807) is 0 Å². The maximum absolute atomic E-state index is 13.0. The maximum atomic E-state index is 13.0. The Morgan fingerprint density at radius 1 is 1.54 bits per heavy atom. The van der Waals surface area contributed by atoms with Gasteiger partial charge in [0.15, 0.2) is 0 Å². The second-order valence-electron chi connectivity index (χ2n) is 2.29. The molecule has 0 heterocycles. The molecule has 0 aromatic heterocycles. The van der Waals surface area contributed by atoms with Crippen molar-refractivity contribution in [2.24, 2.45) is 0 Å². The van der Waals surface area contributed by atoms with Gasteiger partial charge in [-0.15, -0.1) is 0 Å². The molecule has 0 saturated carbocycles. The summed E-state index contributed by atoms with van der Waals surface area (Å²) >= 11 is 6.07. The molecule has 3 nitrogen and oxygen atoms in total. The van der Waals surface area contributed by atoms with Crippen molar-refractivity contribution in [1.29, 1.82) is 0 Å². The van der Waals surface area contributed by atoms with Gasteiger partial charge in [-0.1, -0.05) is 15.9 Å². The summed E-state index contributed by atoms with van der Waals surface area (Å²) in [5.41, 5.74) is 0.125. The minimum atomic E-state index is -0.634. The van der Waals surface area contributed by atoms with Gasteiger partial charge in [-0.05, 0) is 27.6 Å². The van der Waals surface area contributed by atoms with Crippen LogP contribution in [-0.4, -0.2) is 4.92 Å². The molecule has 0 unspecified atom stereocenters. The third-order valence-electron chi connectivity index (χ3n) is 1.46. The van der Waals surface area contributed by atoms with Crippen LogP contribution >= 0.6 is 31.9 Å². The Labute approximate surface area is 90.3 Å². The molecule has 70 valence electrons. The quantitative estimate of drug-likeness (QED) is 0.477. The van der Waals surface area contributed by atoms with Crippen LogP contribution in [0.25, 0.3) is 0 Å². The number of alkyl halides is 1. The van der Waals surface area contributed by atoms with Crippen molar-refractivity contribution in [2.75, 3.05) is 0 Å². The predicted octanol–water partition coefficient (Wildman–Crippen LogP) is 3.39. The van der Waals surface area contributed by atoms with Gasteiger partial charge in [-0.25, -0.2) is 4.39 Å². The van der Waals surface area contributed by atoms with Crippen LogP contribution in [0.1, 0.15) is 5.56 Å². The molecule has 1 aromatic rings. The van der Waals surface area contributed by atoms with Crippen LogP contribution < -0.4 is 0 Å². The Balaban J connectivity index is 3.28. The van der Waals surface area contributed by atoms with Gasteiger partial charge in [0.1, 0.15) is 5.82 Å². The van der Waals surface area contributed by atoms with E-state index in [1.807, 2.05) is 0 Å². The molecule has 13 heavy (non-hydrogen) atoms. The molecule has 0 aliphatic carbocycles. The Morgan fingerprint density at radius 3 is 2.62 bits per heavy atom. The minimum absolute atomic E-state index is 0.262. The SMILES string of the molecule is O=[N+]([O-])c1cc(F)c(CBr)cc1Br. The predicted molar refractivity (Wildman–Crippen MR) is 53.4 cm³/mol. The fraction of sp³-hybridized carbons (Fsp3) is 0.143. The first kappa shape index (κ1) is 10.6. The van der Waals surface area contributed by atoms with E-state index in [2.05, 4.69) is 31.9 Å². The second kappa shape index (κ2) is 4.15. The number of rotatable bonds is 2. The van der Waals surface area contributed by atoms with Gasteiger partial charge in [0.05, 0.1) is 15.5 Å². The molecule has 0 aliphatic rings. The summed E-state index contributed by atoms with van der Waals surface area (Å²) in [6, 6.07) is 2.29. The number of halogens is 3. The molecule has 0 N–H and O–H groups in total. The topological polar surface area (TPSA) is 43.1 Å². The molecule has 0 atom stereocenters. The normalized spacial score (nSPS) is 10.1. The lowest BCUT2D eigenvalue weighted by molar-refractivity contribution is -0.385. The molecule has 1 aromatic carbocycles. The van der Waals surface area contributed by atoms with Gasteiger partial charge in [0, 0.05) is 5.33 Å². The van der Waals surface area contributed by atoms with Gasteiger partial charge in [-0.2, -0.15) is 0 Å². The summed E-state index contributed by atoms with van der Waals surface area (Å²) in [7, 11) is 0. The van der Waals surface area contributed by atoms with E-state index < -0.39 is 10.7 Å². The highest BCUT2D eigenvalue weighted by Crippen LogP contribution is 2.28. The van der Waals surface area contributed by atoms with E-state index in [4.69, 9.17) is 0 Å². The van der Waals surface area contributed by atoms with E-state index in [9.17, 15) is 14.5 Å². The molecule has 0 spiro atoms. The average Bonchev–Trinajstić information content (AvgIpc) is 2.07. The van der Waals surface area contributed by atoms with Crippen LogP contribution in [0.4, 0.5) is 10.1 Å². The maximum Gasteiger partial charge on any atom is 0.286 e. The van der Waals surface area contributed by atoms with Gasteiger partial charge in [0.25, 0.3) is 5.69 Å². The van der Waals surface area contributed by atoms with Gasteiger partial charge < -0.3 is 0 Å². The number of nitrogens with zero attached hydrogens (tertiary/aromatic N) is 1. The summed E-state index contributed by atoms with van der Waals surface area (Å²) < 4.78 is 13.3. The molecule has 0 fully saturated rings. The minimum Gasteiger partial charge on any atom is -0.258 e. The average molecular weight is 313 g/mol. The third-order valence-corrected chi connectivity index (χ3v) is 2.70. The van der Waals surface area contributed by atoms with E-state index in [1.165, 1.54) is 6.07 Å². The van der Waals surface area contributed by atoms with E-state index in [-0.39, 0.29) is 10.2 Å². The van der Waals surface area contributed by atoms with Gasteiger partial charge >= 0.3 is 0 Å².